The third-order valence-corrected chi connectivity index (χ3v) is 7.76. The number of piperazine rings is 1. The smallest absolute Gasteiger partial charge is 0.260 e. The van der Waals surface area contributed by atoms with Gasteiger partial charge in [-0.2, -0.15) is 4.98 Å². The molecular weight excluding hydrogens is 540 g/mol. The van der Waals surface area contributed by atoms with Crippen LogP contribution in [-0.2, 0) is 6.54 Å². The second-order valence-corrected chi connectivity index (χ2v) is 10.5. The van der Waals surface area contributed by atoms with Gasteiger partial charge >= 0.3 is 0 Å². The van der Waals surface area contributed by atoms with E-state index in [1.54, 1.807) is 23.2 Å². The zero-order valence-corrected chi connectivity index (χ0v) is 23.7. The van der Waals surface area contributed by atoms with E-state index in [1.807, 2.05) is 61.5 Å². The molecule has 10 heteroatoms. The van der Waals surface area contributed by atoms with Crippen LogP contribution >= 0.6 is 0 Å². The summed E-state index contributed by atoms with van der Waals surface area (Å²) in [4.78, 5) is 34.6. The molecule has 0 radical (unpaired) electrons. The molecule has 6 aromatic rings. The summed E-state index contributed by atoms with van der Waals surface area (Å²) in [6.45, 7) is 6.10. The lowest BCUT2D eigenvalue weighted by atomic mass is 10.0. The summed E-state index contributed by atoms with van der Waals surface area (Å²) in [5, 5.41) is 7.44. The molecule has 214 valence electrons. The number of aromatic nitrogens is 5. The minimum atomic E-state index is -0.171. The fourth-order valence-electron chi connectivity index (χ4n) is 5.51. The summed E-state index contributed by atoms with van der Waals surface area (Å²) in [6.07, 6.45) is 6.55. The Morgan fingerprint density at radius 1 is 0.953 bits per heavy atom. The largest absolute Gasteiger partial charge is 0.443 e. The molecule has 0 aliphatic carbocycles. The maximum absolute atomic E-state index is 14.2. The predicted octanol–water partition coefficient (Wildman–Crippen LogP) is 5.02. The van der Waals surface area contributed by atoms with Crippen molar-refractivity contribution in [2.45, 2.75) is 13.5 Å². The lowest BCUT2D eigenvalue weighted by Crippen LogP contribution is -2.43. The number of nitrogens with one attached hydrogen (secondary N) is 2. The second-order valence-electron chi connectivity index (χ2n) is 10.5. The molecule has 1 aliphatic rings. The summed E-state index contributed by atoms with van der Waals surface area (Å²) in [5.41, 5.74) is 6.27. The second kappa shape index (κ2) is 11.5. The quantitative estimate of drug-likeness (QED) is 0.273. The Morgan fingerprint density at radius 2 is 1.74 bits per heavy atom. The van der Waals surface area contributed by atoms with Crippen LogP contribution in [0.5, 0.6) is 0 Å². The van der Waals surface area contributed by atoms with E-state index >= 15 is 0 Å². The third kappa shape index (κ3) is 5.35. The lowest BCUT2D eigenvalue weighted by molar-refractivity contribution is 0.570. The van der Waals surface area contributed by atoms with E-state index in [2.05, 4.69) is 42.6 Å². The Balaban J connectivity index is 1.29. The van der Waals surface area contributed by atoms with Gasteiger partial charge in [-0.05, 0) is 60.5 Å². The fourth-order valence-corrected chi connectivity index (χ4v) is 5.51. The van der Waals surface area contributed by atoms with Gasteiger partial charge in [0.15, 0.2) is 12.2 Å². The summed E-state index contributed by atoms with van der Waals surface area (Å²) < 4.78 is 7.41. The molecule has 1 fully saturated rings. The van der Waals surface area contributed by atoms with Gasteiger partial charge in [-0.3, -0.25) is 14.3 Å². The van der Waals surface area contributed by atoms with Crippen molar-refractivity contribution in [1.29, 1.82) is 0 Å². The van der Waals surface area contributed by atoms with E-state index in [9.17, 15) is 4.79 Å². The molecule has 5 heterocycles. The molecule has 10 nitrogen and oxygen atoms in total. The van der Waals surface area contributed by atoms with Crippen molar-refractivity contribution in [3.63, 3.8) is 0 Å². The Labute approximate surface area is 248 Å². The molecule has 0 saturated carbocycles. The lowest BCUT2D eigenvalue weighted by Gasteiger charge is -2.29. The molecule has 4 aromatic heterocycles. The average molecular weight is 571 g/mol. The summed E-state index contributed by atoms with van der Waals surface area (Å²) in [5.74, 6) is 0.981. The molecule has 2 aromatic carbocycles. The molecule has 0 spiro atoms. The topological polar surface area (TPSA) is 114 Å². The Kier molecular flexibility index (Phi) is 7.10. The highest BCUT2D eigenvalue weighted by atomic mass is 16.3. The van der Waals surface area contributed by atoms with Crippen LogP contribution < -0.4 is 21.1 Å². The van der Waals surface area contributed by atoms with Gasteiger partial charge in [-0.1, -0.05) is 24.3 Å². The van der Waals surface area contributed by atoms with Crippen LogP contribution in [0.3, 0.4) is 0 Å². The number of oxazole rings is 1. The van der Waals surface area contributed by atoms with Gasteiger partial charge in [0.25, 0.3) is 5.56 Å². The van der Waals surface area contributed by atoms with Crippen molar-refractivity contribution in [3.05, 3.63) is 113 Å². The van der Waals surface area contributed by atoms with E-state index in [0.29, 0.717) is 28.6 Å². The van der Waals surface area contributed by atoms with Crippen molar-refractivity contribution in [2.75, 3.05) is 36.4 Å². The number of nitrogens with zero attached hydrogens (tertiary/aromatic N) is 6. The monoisotopic (exact) mass is 570 g/mol. The molecule has 0 bridgehead atoms. The van der Waals surface area contributed by atoms with Crippen molar-refractivity contribution in [2.24, 2.45) is 0 Å². The molecule has 0 amide bonds. The first kappa shape index (κ1) is 26.5. The molecular formula is C33H30N8O2. The van der Waals surface area contributed by atoms with Gasteiger partial charge in [0.05, 0.1) is 6.54 Å². The minimum Gasteiger partial charge on any atom is -0.443 e. The first-order chi connectivity index (χ1) is 21.1. The highest BCUT2D eigenvalue weighted by Crippen LogP contribution is 2.27. The summed E-state index contributed by atoms with van der Waals surface area (Å²) in [6, 6.07) is 21.7. The van der Waals surface area contributed by atoms with Crippen LogP contribution in [0.25, 0.3) is 33.5 Å². The maximum Gasteiger partial charge on any atom is 0.260 e. The Morgan fingerprint density at radius 3 is 2.53 bits per heavy atom. The Hall–Kier alpha value is -5.35. The molecule has 7 rings (SSSR count). The molecule has 0 atom stereocenters. The van der Waals surface area contributed by atoms with E-state index in [0.717, 1.165) is 53.9 Å². The van der Waals surface area contributed by atoms with Gasteiger partial charge in [-0.25, -0.2) is 9.97 Å². The number of anilines is 3. The normalized spacial score (nSPS) is 13.4. The number of benzene rings is 2. The van der Waals surface area contributed by atoms with Crippen LogP contribution in [0.1, 0.15) is 11.3 Å². The zero-order chi connectivity index (χ0) is 29.2. The van der Waals surface area contributed by atoms with Crippen LogP contribution in [0.4, 0.5) is 17.3 Å². The number of fused-ring (bicyclic) bond motifs is 1. The number of hydrogen-bond acceptors (Lipinski definition) is 9. The maximum atomic E-state index is 14.2. The van der Waals surface area contributed by atoms with E-state index in [4.69, 9.17) is 9.40 Å². The minimum absolute atomic E-state index is 0.166. The molecule has 43 heavy (non-hydrogen) atoms. The highest BCUT2D eigenvalue weighted by molar-refractivity contribution is 5.83. The van der Waals surface area contributed by atoms with Gasteiger partial charge in [-0.15, -0.1) is 0 Å². The molecule has 1 aliphatic heterocycles. The summed E-state index contributed by atoms with van der Waals surface area (Å²) >= 11 is 0. The molecule has 0 unspecified atom stereocenters. The fraction of sp³-hybridized carbons (Fsp3) is 0.182. The van der Waals surface area contributed by atoms with E-state index in [1.165, 1.54) is 12.1 Å². The zero-order valence-electron chi connectivity index (χ0n) is 23.7. The molecule has 2 N–H and O–H groups in total. The van der Waals surface area contributed by atoms with Gasteiger partial charge < -0.3 is 20.0 Å². The van der Waals surface area contributed by atoms with Crippen LogP contribution in [-0.4, -0.2) is 50.7 Å². The SMILES string of the molecule is Cc1ccccc1-c1cc2cnc(Nc3ccc(N4CCNCC4)cc3)nc2n(Cc2ncoc2-c2ccncc2)c1=O. The number of hydrogen-bond donors (Lipinski definition) is 2. The highest BCUT2D eigenvalue weighted by Gasteiger charge is 2.19. The van der Waals surface area contributed by atoms with E-state index in [-0.39, 0.29) is 12.1 Å². The first-order valence-corrected chi connectivity index (χ1v) is 14.3. The van der Waals surface area contributed by atoms with Gasteiger partial charge in [0.2, 0.25) is 5.95 Å². The number of rotatable bonds is 7. The standard InChI is InChI=1S/C33H30N8O2/c1-22-4-2-3-5-27(22)28-18-24-19-36-33(38-25-6-8-26(9-7-25)40-16-14-35-15-17-40)39-31(24)41(32(28)42)20-29-30(43-21-37-29)23-10-12-34-13-11-23/h2-13,18-19,21,35H,14-17,20H2,1H3,(H,36,38,39). The third-order valence-electron chi connectivity index (χ3n) is 7.76. The van der Waals surface area contributed by atoms with Gasteiger partial charge in [0, 0.05) is 72.7 Å². The van der Waals surface area contributed by atoms with Crippen molar-refractivity contribution < 1.29 is 4.42 Å². The van der Waals surface area contributed by atoms with Crippen LogP contribution in [0, 0.1) is 6.92 Å². The van der Waals surface area contributed by atoms with Crippen LogP contribution in [0.2, 0.25) is 0 Å². The average Bonchev–Trinajstić information content (AvgIpc) is 3.52. The summed E-state index contributed by atoms with van der Waals surface area (Å²) in [7, 11) is 0. The molecule has 1 saturated heterocycles. The van der Waals surface area contributed by atoms with Crippen molar-refractivity contribution in [3.8, 4) is 22.5 Å². The Bertz CT molecular complexity index is 1940. The predicted molar refractivity (Wildman–Crippen MR) is 168 cm³/mol. The number of aryl methyl sites for hydroxylation is 1. The van der Waals surface area contributed by atoms with Crippen molar-refractivity contribution >= 4 is 28.4 Å². The van der Waals surface area contributed by atoms with E-state index < -0.39 is 0 Å². The number of pyridine rings is 2. The van der Waals surface area contributed by atoms with Gasteiger partial charge in [0.1, 0.15) is 11.3 Å². The first-order valence-electron chi connectivity index (χ1n) is 14.3. The van der Waals surface area contributed by atoms with Crippen LogP contribution in [0.15, 0.2) is 101 Å². The van der Waals surface area contributed by atoms with Crippen molar-refractivity contribution in [1.82, 2.24) is 29.8 Å².